The SMILES string of the molecule is CCc1ccc(OCC(O)CNCCn2cccn2)cc1. The summed E-state index contributed by atoms with van der Waals surface area (Å²) in [5.74, 6) is 0.794. The fraction of sp³-hybridized carbons (Fsp3) is 0.438. The molecule has 0 amide bonds. The third-order valence-electron chi connectivity index (χ3n) is 3.23. The van der Waals surface area contributed by atoms with Crippen molar-refractivity contribution in [2.45, 2.75) is 26.0 Å². The van der Waals surface area contributed by atoms with Crippen LogP contribution in [0.25, 0.3) is 0 Å². The molecule has 0 fully saturated rings. The highest BCUT2D eigenvalue weighted by Gasteiger charge is 2.05. The van der Waals surface area contributed by atoms with Gasteiger partial charge in [-0.1, -0.05) is 19.1 Å². The standard InChI is InChI=1S/C16H23N3O2/c1-2-14-4-6-16(7-5-14)21-13-15(20)12-17-9-11-19-10-3-8-18-19/h3-8,10,15,17,20H,2,9,11-13H2,1H3. The number of nitrogens with one attached hydrogen (secondary N) is 1. The van der Waals surface area contributed by atoms with Crippen molar-refractivity contribution in [3.63, 3.8) is 0 Å². The molecule has 0 aliphatic heterocycles. The average molecular weight is 289 g/mol. The largest absolute Gasteiger partial charge is 0.491 e. The zero-order valence-electron chi connectivity index (χ0n) is 12.4. The maximum atomic E-state index is 9.86. The second-order valence-electron chi connectivity index (χ2n) is 4.94. The van der Waals surface area contributed by atoms with Crippen LogP contribution in [-0.2, 0) is 13.0 Å². The van der Waals surface area contributed by atoms with Crippen LogP contribution in [0.5, 0.6) is 5.75 Å². The molecule has 0 spiro atoms. The number of ether oxygens (including phenoxy) is 1. The van der Waals surface area contributed by atoms with Gasteiger partial charge in [-0.2, -0.15) is 5.10 Å². The van der Waals surface area contributed by atoms with E-state index in [1.165, 1.54) is 5.56 Å². The van der Waals surface area contributed by atoms with Gasteiger partial charge in [0.2, 0.25) is 0 Å². The van der Waals surface area contributed by atoms with Gasteiger partial charge in [0.1, 0.15) is 18.5 Å². The Bertz CT molecular complexity index is 497. The summed E-state index contributed by atoms with van der Waals surface area (Å²) >= 11 is 0. The zero-order valence-corrected chi connectivity index (χ0v) is 12.4. The number of aryl methyl sites for hydroxylation is 1. The van der Waals surface area contributed by atoms with Crippen LogP contribution >= 0.6 is 0 Å². The highest BCUT2D eigenvalue weighted by atomic mass is 16.5. The second kappa shape index (κ2) is 8.44. The van der Waals surface area contributed by atoms with Crippen LogP contribution in [0.15, 0.2) is 42.7 Å². The topological polar surface area (TPSA) is 59.3 Å². The molecule has 2 aromatic rings. The van der Waals surface area contributed by atoms with Gasteiger partial charge in [-0.05, 0) is 30.2 Å². The number of benzene rings is 1. The summed E-state index contributed by atoms with van der Waals surface area (Å²) in [5, 5.41) is 17.2. The Morgan fingerprint density at radius 2 is 2.14 bits per heavy atom. The molecule has 0 aliphatic rings. The van der Waals surface area contributed by atoms with Crippen molar-refractivity contribution in [3.05, 3.63) is 48.3 Å². The maximum absolute atomic E-state index is 9.86. The van der Waals surface area contributed by atoms with Gasteiger partial charge in [0.15, 0.2) is 0 Å². The van der Waals surface area contributed by atoms with Crippen molar-refractivity contribution in [2.75, 3.05) is 19.7 Å². The molecular formula is C16H23N3O2. The van der Waals surface area contributed by atoms with Gasteiger partial charge in [0, 0.05) is 25.5 Å². The minimum absolute atomic E-state index is 0.292. The van der Waals surface area contributed by atoms with E-state index in [0.29, 0.717) is 13.2 Å². The first-order chi connectivity index (χ1) is 10.3. The highest BCUT2D eigenvalue weighted by molar-refractivity contribution is 5.27. The summed E-state index contributed by atoms with van der Waals surface area (Å²) in [7, 11) is 0. The van der Waals surface area contributed by atoms with E-state index < -0.39 is 6.10 Å². The second-order valence-corrected chi connectivity index (χ2v) is 4.94. The molecule has 1 atom stereocenters. The van der Waals surface area contributed by atoms with Crippen LogP contribution in [0.4, 0.5) is 0 Å². The summed E-state index contributed by atoms with van der Waals surface area (Å²) < 4.78 is 7.42. The molecule has 5 nitrogen and oxygen atoms in total. The molecule has 1 unspecified atom stereocenters. The maximum Gasteiger partial charge on any atom is 0.119 e. The smallest absolute Gasteiger partial charge is 0.119 e. The molecule has 5 heteroatoms. The monoisotopic (exact) mass is 289 g/mol. The lowest BCUT2D eigenvalue weighted by Crippen LogP contribution is -2.33. The Kier molecular flexibility index (Phi) is 6.24. The molecule has 0 radical (unpaired) electrons. The number of aliphatic hydroxyl groups is 1. The van der Waals surface area contributed by atoms with E-state index in [1.54, 1.807) is 6.20 Å². The molecule has 1 aromatic heterocycles. The van der Waals surface area contributed by atoms with Crippen LogP contribution in [-0.4, -0.2) is 40.7 Å². The minimum atomic E-state index is -0.520. The van der Waals surface area contributed by atoms with Crippen molar-refractivity contribution in [1.29, 1.82) is 0 Å². The van der Waals surface area contributed by atoms with Gasteiger partial charge in [-0.15, -0.1) is 0 Å². The number of aliphatic hydroxyl groups excluding tert-OH is 1. The third-order valence-corrected chi connectivity index (χ3v) is 3.23. The Morgan fingerprint density at radius 3 is 2.81 bits per heavy atom. The average Bonchev–Trinajstić information content (AvgIpc) is 3.03. The lowest BCUT2D eigenvalue weighted by atomic mass is 10.2. The van der Waals surface area contributed by atoms with E-state index >= 15 is 0 Å². The van der Waals surface area contributed by atoms with E-state index in [-0.39, 0.29) is 0 Å². The number of rotatable bonds is 9. The number of hydrogen-bond donors (Lipinski definition) is 2. The van der Waals surface area contributed by atoms with E-state index in [1.807, 2.05) is 41.2 Å². The first kappa shape index (κ1) is 15.5. The molecule has 2 rings (SSSR count). The van der Waals surface area contributed by atoms with Crippen molar-refractivity contribution in [3.8, 4) is 5.75 Å². The summed E-state index contributed by atoms with van der Waals surface area (Å²) in [6.07, 6.45) is 4.17. The lowest BCUT2D eigenvalue weighted by Gasteiger charge is -2.13. The van der Waals surface area contributed by atoms with Gasteiger partial charge in [-0.25, -0.2) is 0 Å². The van der Waals surface area contributed by atoms with Crippen molar-refractivity contribution in [1.82, 2.24) is 15.1 Å². The summed E-state index contributed by atoms with van der Waals surface area (Å²) in [4.78, 5) is 0. The van der Waals surface area contributed by atoms with Crippen LogP contribution in [0.3, 0.4) is 0 Å². The number of hydrogen-bond acceptors (Lipinski definition) is 4. The molecule has 0 aliphatic carbocycles. The molecule has 1 aromatic carbocycles. The molecule has 1 heterocycles. The summed E-state index contributed by atoms with van der Waals surface area (Å²) in [6.45, 7) is 4.48. The Hall–Kier alpha value is -1.85. The van der Waals surface area contributed by atoms with E-state index in [2.05, 4.69) is 17.3 Å². The van der Waals surface area contributed by atoms with E-state index in [0.717, 1.165) is 25.3 Å². The fourth-order valence-corrected chi connectivity index (χ4v) is 1.97. The molecule has 21 heavy (non-hydrogen) atoms. The van der Waals surface area contributed by atoms with Crippen molar-refractivity contribution < 1.29 is 9.84 Å². The summed E-state index contributed by atoms with van der Waals surface area (Å²) in [6, 6.07) is 9.87. The number of aromatic nitrogens is 2. The van der Waals surface area contributed by atoms with Gasteiger partial charge in [0.25, 0.3) is 0 Å². The van der Waals surface area contributed by atoms with Gasteiger partial charge in [0.05, 0.1) is 6.54 Å². The Morgan fingerprint density at radius 1 is 1.33 bits per heavy atom. The third kappa shape index (κ3) is 5.57. The number of nitrogens with zero attached hydrogens (tertiary/aromatic N) is 2. The van der Waals surface area contributed by atoms with E-state index in [4.69, 9.17) is 4.74 Å². The zero-order chi connectivity index (χ0) is 14.9. The van der Waals surface area contributed by atoms with Gasteiger partial charge >= 0.3 is 0 Å². The highest BCUT2D eigenvalue weighted by Crippen LogP contribution is 2.12. The first-order valence-electron chi connectivity index (χ1n) is 7.36. The minimum Gasteiger partial charge on any atom is -0.491 e. The van der Waals surface area contributed by atoms with Crippen molar-refractivity contribution >= 4 is 0 Å². The quantitative estimate of drug-likeness (QED) is 0.686. The molecule has 0 saturated heterocycles. The molecular weight excluding hydrogens is 266 g/mol. The first-order valence-corrected chi connectivity index (χ1v) is 7.36. The summed E-state index contributed by atoms with van der Waals surface area (Å²) in [5.41, 5.74) is 1.28. The van der Waals surface area contributed by atoms with Gasteiger partial charge in [-0.3, -0.25) is 4.68 Å². The Labute approximate surface area is 125 Å². The van der Waals surface area contributed by atoms with Crippen LogP contribution in [0.1, 0.15) is 12.5 Å². The molecule has 0 bridgehead atoms. The normalized spacial score (nSPS) is 12.3. The van der Waals surface area contributed by atoms with Crippen LogP contribution in [0, 0.1) is 0 Å². The molecule has 114 valence electrons. The van der Waals surface area contributed by atoms with E-state index in [9.17, 15) is 5.11 Å². The fourth-order valence-electron chi connectivity index (χ4n) is 1.97. The lowest BCUT2D eigenvalue weighted by molar-refractivity contribution is 0.106. The van der Waals surface area contributed by atoms with Crippen LogP contribution < -0.4 is 10.1 Å². The van der Waals surface area contributed by atoms with Crippen LogP contribution in [0.2, 0.25) is 0 Å². The predicted octanol–water partition coefficient (Wildman–Crippen LogP) is 1.47. The Balaban J connectivity index is 1.59. The predicted molar refractivity (Wildman–Crippen MR) is 82.4 cm³/mol. The molecule has 0 saturated carbocycles. The van der Waals surface area contributed by atoms with Gasteiger partial charge < -0.3 is 15.2 Å². The molecule has 2 N–H and O–H groups in total. The van der Waals surface area contributed by atoms with Crippen molar-refractivity contribution in [2.24, 2.45) is 0 Å².